The number of esters is 1. The summed E-state index contributed by atoms with van der Waals surface area (Å²) in [4.78, 5) is 36.5. The van der Waals surface area contributed by atoms with Gasteiger partial charge in [-0.15, -0.1) is 0 Å². The van der Waals surface area contributed by atoms with Crippen LogP contribution < -0.4 is 10.9 Å². The van der Waals surface area contributed by atoms with E-state index in [1.165, 1.54) is 6.92 Å². The van der Waals surface area contributed by atoms with Gasteiger partial charge in [-0.05, 0) is 25.1 Å². The molecule has 0 bridgehead atoms. The van der Waals surface area contributed by atoms with Crippen LogP contribution in [0.2, 0.25) is 10.0 Å². The van der Waals surface area contributed by atoms with Gasteiger partial charge in [0.25, 0.3) is 11.5 Å². The number of hydrogen-bond acceptors (Lipinski definition) is 5. The highest BCUT2D eigenvalue weighted by molar-refractivity contribution is 6.44. The van der Waals surface area contributed by atoms with E-state index in [1.807, 2.05) is 0 Å². The second kappa shape index (κ2) is 7.77. The third-order valence-corrected chi connectivity index (χ3v) is 4.57. The Morgan fingerprint density at radius 2 is 1.81 bits per heavy atom. The van der Waals surface area contributed by atoms with Crippen LogP contribution in [0.15, 0.2) is 47.3 Å². The van der Waals surface area contributed by atoms with Gasteiger partial charge in [0.15, 0.2) is 11.8 Å². The maximum absolute atomic E-state index is 12.4. The van der Waals surface area contributed by atoms with Crippen molar-refractivity contribution in [1.29, 1.82) is 0 Å². The number of aromatic amines is 1. The Labute approximate surface area is 163 Å². The monoisotopic (exact) mass is 405 g/mol. The van der Waals surface area contributed by atoms with Gasteiger partial charge >= 0.3 is 5.97 Å². The molecule has 0 fully saturated rings. The summed E-state index contributed by atoms with van der Waals surface area (Å²) < 4.78 is 5.18. The van der Waals surface area contributed by atoms with Gasteiger partial charge in [0.1, 0.15) is 0 Å². The van der Waals surface area contributed by atoms with Crippen LogP contribution in [-0.4, -0.2) is 28.2 Å². The lowest BCUT2D eigenvalue weighted by atomic mass is 10.1. The first kappa shape index (κ1) is 18.9. The zero-order valence-corrected chi connectivity index (χ0v) is 15.5. The molecule has 1 aromatic heterocycles. The van der Waals surface area contributed by atoms with Crippen LogP contribution >= 0.6 is 23.2 Å². The number of fused-ring (bicyclic) bond motifs is 1. The molecule has 27 heavy (non-hydrogen) atoms. The van der Waals surface area contributed by atoms with E-state index in [0.29, 0.717) is 16.5 Å². The topological polar surface area (TPSA) is 101 Å². The van der Waals surface area contributed by atoms with E-state index in [9.17, 15) is 14.4 Å². The number of hydrogen-bond donors (Lipinski definition) is 2. The third-order valence-electron chi connectivity index (χ3n) is 3.75. The van der Waals surface area contributed by atoms with Gasteiger partial charge in [0.2, 0.25) is 0 Å². The second-order valence-electron chi connectivity index (χ2n) is 5.59. The van der Waals surface area contributed by atoms with E-state index in [-0.39, 0.29) is 15.7 Å². The molecule has 0 spiro atoms. The van der Waals surface area contributed by atoms with Crippen LogP contribution in [0, 0.1) is 0 Å². The number of carbonyl (C=O) groups is 2. The van der Waals surface area contributed by atoms with E-state index >= 15 is 0 Å². The van der Waals surface area contributed by atoms with Crippen LogP contribution in [0.1, 0.15) is 17.4 Å². The van der Waals surface area contributed by atoms with Gasteiger partial charge in [-0.2, -0.15) is 5.10 Å². The van der Waals surface area contributed by atoms with E-state index in [1.54, 1.807) is 42.5 Å². The number of carbonyl (C=O) groups excluding carboxylic acids is 2. The number of aromatic nitrogens is 2. The average Bonchev–Trinajstić information content (AvgIpc) is 2.65. The van der Waals surface area contributed by atoms with Crippen molar-refractivity contribution in [2.24, 2.45) is 0 Å². The number of nitrogens with one attached hydrogen (secondary N) is 2. The van der Waals surface area contributed by atoms with Crippen molar-refractivity contribution in [3.8, 4) is 0 Å². The Kier molecular flexibility index (Phi) is 5.43. The first-order valence-electron chi connectivity index (χ1n) is 7.81. The first-order chi connectivity index (χ1) is 12.9. The standard InChI is InChI=1S/C18H13Cl2N3O4/c1-9(16(24)21-13-8-4-7-12(19)14(13)20)27-18(26)15-10-5-2-3-6-11(10)17(25)23-22-15/h2-9H,1H3,(H,21,24)(H,23,25)/t9-/m0/s1. The number of amides is 1. The molecule has 0 radical (unpaired) electrons. The second-order valence-corrected chi connectivity index (χ2v) is 6.37. The van der Waals surface area contributed by atoms with Crippen LogP contribution in [0.3, 0.4) is 0 Å². The Hall–Kier alpha value is -2.90. The molecule has 1 atom stereocenters. The van der Waals surface area contributed by atoms with Gasteiger partial charge in [0.05, 0.1) is 21.1 Å². The smallest absolute Gasteiger partial charge is 0.360 e. The fourth-order valence-electron chi connectivity index (χ4n) is 2.37. The Morgan fingerprint density at radius 3 is 2.56 bits per heavy atom. The van der Waals surface area contributed by atoms with Crippen molar-refractivity contribution >= 4 is 51.5 Å². The molecule has 3 rings (SSSR count). The molecule has 2 N–H and O–H groups in total. The maximum Gasteiger partial charge on any atom is 0.360 e. The van der Waals surface area contributed by atoms with E-state index < -0.39 is 23.5 Å². The largest absolute Gasteiger partial charge is 0.448 e. The number of anilines is 1. The van der Waals surface area contributed by atoms with Crippen molar-refractivity contribution in [2.45, 2.75) is 13.0 Å². The molecule has 7 nitrogen and oxygen atoms in total. The summed E-state index contributed by atoms with van der Waals surface area (Å²) in [6.07, 6.45) is -1.14. The average molecular weight is 406 g/mol. The summed E-state index contributed by atoms with van der Waals surface area (Å²) >= 11 is 11.9. The number of ether oxygens (including phenoxy) is 1. The van der Waals surface area contributed by atoms with Gasteiger partial charge in [0, 0.05) is 5.39 Å². The minimum atomic E-state index is -1.14. The zero-order valence-electron chi connectivity index (χ0n) is 14.0. The molecule has 0 unspecified atom stereocenters. The zero-order chi connectivity index (χ0) is 19.6. The molecule has 9 heteroatoms. The summed E-state index contributed by atoms with van der Waals surface area (Å²) in [5, 5.41) is 9.61. The van der Waals surface area contributed by atoms with Crippen LogP contribution in [0.5, 0.6) is 0 Å². The molecule has 1 amide bonds. The van der Waals surface area contributed by atoms with Crippen molar-refractivity contribution in [1.82, 2.24) is 10.2 Å². The molecule has 138 valence electrons. The predicted octanol–water partition coefficient (Wildman–Crippen LogP) is 3.41. The molecular formula is C18H13Cl2N3O4. The lowest BCUT2D eigenvalue weighted by Crippen LogP contribution is -2.30. The fourth-order valence-corrected chi connectivity index (χ4v) is 2.72. The Morgan fingerprint density at radius 1 is 1.11 bits per heavy atom. The molecule has 2 aromatic carbocycles. The number of nitrogens with zero attached hydrogens (tertiary/aromatic N) is 1. The Bertz CT molecular complexity index is 1100. The van der Waals surface area contributed by atoms with Crippen LogP contribution in [-0.2, 0) is 9.53 Å². The third kappa shape index (κ3) is 3.94. The highest BCUT2D eigenvalue weighted by Crippen LogP contribution is 2.29. The summed E-state index contributed by atoms with van der Waals surface area (Å²) in [7, 11) is 0. The van der Waals surface area contributed by atoms with Crippen molar-refractivity contribution in [3.63, 3.8) is 0 Å². The van der Waals surface area contributed by atoms with Gasteiger partial charge < -0.3 is 10.1 Å². The lowest BCUT2D eigenvalue weighted by molar-refractivity contribution is -0.123. The van der Waals surface area contributed by atoms with E-state index in [0.717, 1.165) is 0 Å². The van der Waals surface area contributed by atoms with Crippen LogP contribution in [0.25, 0.3) is 10.8 Å². The van der Waals surface area contributed by atoms with Crippen LogP contribution in [0.4, 0.5) is 5.69 Å². The summed E-state index contributed by atoms with van der Waals surface area (Å²) in [5.41, 5.74) is -0.223. The SMILES string of the molecule is C[C@H](OC(=O)c1n[nH]c(=O)c2ccccc12)C(=O)Nc1cccc(Cl)c1Cl. The summed E-state index contributed by atoms with van der Waals surface area (Å²) in [6.45, 7) is 1.40. The maximum atomic E-state index is 12.4. The van der Waals surface area contributed by atoms with E-state index in [2.05, 4.69) is 15.5 Å². The Balaban J connectivity index is 1.78. The number of benzene rings is 2. The normalized spacial score (nSPS) is 11.8. The van der Waals surface area contributed by atoms with Crippen molar-refractivity contribution in [2.75, 3.05) is 5.32 Å². The first-order valence-corrected chi connectivity index (χ1v) is 8.57. The van der Waals surface area contributed by atoms with Crippen molar-refractivity contribution < 1.29 is 14.3 Å². The molecule has 0 saturated carbocycles. The van der Waals surface area contributed by atoms with E-state index in [4.69, 9.17) is 27.9 Å². The number of rotatable bonds is 4. The fraction of sp³-hybridized carbons (Fsp3) is 0.111. The molecule has 1 heterocycles. The van der Waals surface area contributed by atoms with Gasteiger partial charge in [-0.25, -0.2) is 9.89 Å². The number of halogens is 2. The summed E-state index contributed by atoms with van der Waals surface area (Å²) in [5.74, 6) is -1.44. The number of H-pyrrole nitrogens is 1. The molecule has 0 aliphatic carbocycles. The van der Waals surface area contributed by atoms with Gasteiger partial charge in [-0.1, -0.05) is 47.5 Å². The molecular weight excluding hydrogens is 393 g/mol. The summed E-state index contributed by atoms with van der Waals surface area (Å²) in [6, 6.07) is 11.2. The quantitative estimate of drug-likeness (QED) is 0.647. The molecule has 3 aromatic rings. The minimum Gasteiger partial charge on any atom is -0.448 e. The predicted molar refractivity (Wildman–Crippen MR) is 102 cm³/mol. The van der Waals surface area contributed by atoms with Gasteiger partial charge in [-0.3, -0.25) is 9.59 Å². The minimum absolute atomic E-state index is 0.0920. The highest BCUT2D eigenvalue weighted by atomic mass is 35.5. The highest BCUT2D eigenvalue weighted by Gasteiger charge is 2.23. The molecule has 0 aliphatic heterocycles. The molecule has 0 saturated heterocycles. The molecule has 0 aliphatic rings. The lowest BCUT2D eigenvalue weighted by Gasteiger charge is -2.14. The van der Waals surface area contributed by atoms with Crippen molar-refractivity contribution in [3.05, 3.63) is 68.6 Å².